The predicted molar refractivity (Wildman–Crippen MR) is 113 cm³/mol. The van der Waals surface area contributed by atoms with Gasteiger partial charge in [-0.25, -0.2) is 8.42 Å². The van der Waals surface area contributed by atoms with E-state index in [1.54, 1.807) is 24.3 Å². The Hall–Kier alpha value is -2.83. The average molecular weight is 415 g/mol. The third-order valence-corrected chi connectivity index (χ3v) is 5.81. The second-order valence-corrected chi connectivity index (χ2v) is 8.53. The molecule has 0 saturated heterocycles. The maximum absolute atomic E-state index is 12.5. The number of hydrogen-bond acceptors (Lipinski definition) is 3. The lowest BCUT2D eigenvalue weighted by atomic mass is 10.1. The van der Waals surface area contributed by atoms with Crippen molar-refractivity contribution in [3.8, 4) is 0 Å². The minimum Gasteiger partial charge on any atom is -0.322 e. The fourth-order valence-corrected chi connectivity index (χ4v) is 3.77. The van der Waals surface area contributed by atoms with Gasteiger partial charge in [0.1, 0.15) is 0 Å². The lowest BCUT2D eigenvalue weighted by Gasteiger charge is -2.11. The van der Waals surface area contributed by atoms with E-state index in [9.17, 15) is 13.2 Å². The van der Waals surface area contributed by atoms with Crippen molar-refractivity contribution in [1.82, 2.24) is 0 Å². The van der Waals surface area contributed by atoms with Crippen LogP contribution >= 0.6 is 11.6 Å². The molecule has 3 aromatic carbocycles. The van der Waals surface area contributed by atoms with Crippen LogP contribution in [0.25, 0.3) is 0 Å². The number of amides is 1. The van der Waals surface area contributed by atoms with Crippen molar-refractivity contribution in [3.05, 3.63) is 88.4 Å². The van der Waals surface area contributed by atoms with Crippen molar-refractivity contribution in [3.63, 3.8) is 0 Å². The summed E-state index contributed by atoms with van der Waals surface area (Å²) in [6.45, 7) is 3.88. The number of sulfonamides is 1. The minimum absolute atomic E-state index is 0.105. The van der Waals surface area contributed by atoms with Crippen molar-refractivity contribution in [2.75, 3.05) is 10.0 Å². The molecule has 28 heavy (non-hydrogen) atoms. The lowest BCUT2D eigenvalue weighted by molar-refractivity contribution is 0.102. The Morgan fingerprint density at radius 2 is 1.54 bits per heavy atom. The smallest absolute Gasteiger partial charge is 0.261 e. The summed E-state index contributed by atoms with van der Waals surface area (Å²) in [4.78, 5) is 12.6. The molecule has 0 fully saturated rings. The molecule has 0 aliphatic carbocycles. The summed E-state index contributed by atoms with van der Waals surface area (Å²) < 4.78 is 27.3. The van der Waals surface area contributed by atoms with E-state index in [1.165, 1.54) is 24.3 Å². The summed E-state index contributed by atoms with van der Waals surface area (Å²) in [5.41, 5.74) is 3.55. The number of carbonyl (C=O) groups is 1. The van der Waals surface area contributed by atoms with Gasteiger partial charge in [0.15, 0.2) is 0 Å². The third-order valence-electron chi connectivity index (χ3n) is 4.16. The SMILES string of the molecule is Cc1ccc(C)c(NC(=O)c2ccc(NS(=O)(=O)c3ccc(Cl)cc3)cc2)c1. The van der Waals surface area contributed by atoms with Crippen LogP contribution in [0.3, 0.4) is 0 Å². The number of aryl methyl sites for hydroxylation is 2. The average Bonchev–Trinajstić information content (AvgIpc) is 2.65. The molecule has 0 bridgehead atoms. The van der Waals surface area contributed by atoms with E-state index in [-0.39, 0.29) is 10.8 Å². The van der Waals surface area contributed by atoms with Crippen LogP contribution < -0.4 is 10.0 Å². The standard InChI is InChI=1S/C21H19ClN2O3S/c1-14-3-4-15(2)20(13-14)23-21(25)16-5-9-18(10-6-16)24-28(26,27)19-11-7-17(22)8-12-19/h3-13,24H,1-2H3,(H,23,25). The highest BCUT2D eigenvalue weighted by Gasteiger charge is 2.14. The van der Waals surface area contributed by atoms with Crippen LogP contribution in [0, 0.1) is 13.8 Å². The molecule has 3 rings (SSSR count). The largest absolute Gasteiger partial charge is 0.322 e. The number of hydrogen-bond donors (Lipinski definition) is 2. The molecule has 3 aromatic rings. The Morgan fingerprint density at radius 1 is 0.893 bits per heavy atom. The fourth-order valence-electron chi connectivity index (χ4n) is 2.58. The summed E-state index contributed by atoms with van der Waals surface area (Å²) in [6, 6.07) is 17.9. The topological polar surface area (TPSA) is 75.3 Å². The summed E-state index contributed by atoms with van der Waals surface area (Å²) >= 11 is 5.79. The van der Waals surface area contributed by atoms with Gasteiger partial charge < -0.3 is 5.32 Å². The molecule has 0 aliphatic heterocycles. The molecular weight excluding hydrogens is 396 g/mol. The molecule has 7 heteroatoms. The summed E-state index contributed by atoms with van der Waals surface area (Å²) in [6.07, 6.45) is 0. The van der Waals surface area contributed by atoms with Gasteiger partial charge in [0.2, 0.25) is 0 Å². The molecule has 0 heterocycles. The number of carbonyl (C=O) groups excluding carboxylic acids is 1. The van der Waals surface area contributed by atoms with Crippen LogP contribution in [0.2, 0.25) is 5.02 Å². The van der Waals surface area contributed by atoms with Crippen LogP contribution in [0.5, 0.6) is 0 Å². The van der Waals surface area contributed by atoms with Crippen LogP contribution in [0.15, 0.2) is 71.6 Å². The number of rotatable bonds is 5. The van der Waals surface area contributed by atoms with Crippen molar-refractivity contribution in [2.24, 2.45) is 0 Å². The molecule has 0 aromatic heterocycles. The highest BCUT2D eigenvalue weighted by atomic mass is 35.5. The fraction of sp³-hybridized carbons (Fsp3) is 0.0952. The quantitative estimate of drug-likeness (QED) is 0.616. The van der Waals surface area contributed by atoms with Crippen molar-refractivity contribution >= 4 is 38.9 Å². The molecular formula is C21H19ClN2O3S. The van der Waals surface area contributed by atoms with Gasteiger partial charge >= 0.3 is 0 Å². The number of nitrogens with one attached hydrogen (secondary N) is 2. The van der Waals surface area contributed by atoms with Gasteiger partial charge in [0, 0.05) is 22.0 Å². The molecule has 0 unspecified atom stereocenters. The molecule has 0 radical (unpaired) electrons. The van der Waals surface area contributed by atoms with Gasteiger partial charge in [-0.2, -0.15) is 0 Å². The Kier molecular flexibility index (Phi) is 5.72. The Morgan fingerprint density at radius 3 is 2.18 bits per heavy atom. The normalized spacial score (nSPS) is 11.1. The van der Waals surface area contributed by atoms with Crippen LogP contribution in [-0.2, 0) is 10.0 Å². The third kappa shape index (κ3) is 4.71. The zero-order valence-corrected chi connectivity index (χ0v) is 16.9. The molecule has 0 atom stereocenters. The Labute approximate surface area is 169 Å². The summed E-state index contributed by atoms with van der Waals surface area (Å²) in [5, 5.41) is 3.33. The molecule has 0 aliphatic rings. The first kappa shape index (κ1) is 19.9. The Bertz CT molecular complexity index is 1110. The first-order chi connectivity index (χ1) is 13.2. The lowest BCUT2D eigenvalue weighted by Crippen LogP contribution is -2.14. The maximum Gasteiger partial charge on any atom is 0.261 e. The van der Waals surface area contributed by atoms with Gasteiger partial charge in [-0.3, -0.25) is 9.52 Å². The van der Waals surface area contributed by atoms with Gasteiger partial charge in [-0.1, -0.05) is 23.7 Å². The Balaban J connectivity index is 1.73. The van der Waals surface area contributed by atoms with Crippen LogP contribution in [-0.4, -0.2) is 14.3 Å². The first-order valence-electron chi connectivity index (χ1n) is 8.52. The van der Waals surface area contributed by atoms with E-state index >= 15 is 0 Å². The van der Waals surface area contributed by atoms with E-state index in [0.717, 1.165) is 16.8 Å². The molecule has 2 N–H and O–H groups in total. The van der Waals surface area contributed by atoms with Crippen molar-refractivity contribution in [2.45, 2.75) is 18.7 Å². The molecule has 0 saturated carbocycles. The van der Waals surface area contributed by atoms with E-state index < -0.39 is 10.0 Å². The zero-order valence-electron chi connectivity index (χ0n) is 15.4. The molecule has 144 valence electrons. The van der Waals surface area contributed by atoms with Crippen LogP contribution in [0.1, 0.15) is 21.5 Å². The van der Waals surface area contributed by atoms with Crippen molar-refractivity contribution < 1.29 is 13.2 Å². The van der Waals surface area contributed by atoms with E-state index in [0.29, 0.717) is 16.3 Å². The first-order valence-corrected chi connectivity index (χ1v) is 10.4. The van der Waals surface area contributed by atoms with E-state index in [4.69, 9.17) is 11.6 Å². The maximum atomic E-state index is 12.5. The van der Waals surface area contributed by atoms with E-state index in [1.807, 2.05) is 32.0 Å². The highest BCUT2D eigenvalue weighted by molar-refractivity contribution is 7.92. The number of halogens is 1. The molecule has 1 amide bonds. The summed E-state index contributed by atoms with van der Waals surface area (Å²) in [5.74, 6) is -0.263. The van der Waals surface area contributed by atoms with Gasteiger partial charge in [0.05, 0.1) is 4.90 Å². The van der Waals surface area contributed by atoms with E-state index in [2.05, 4.69) is 10.0 Å². The minimum atomic E-state index is -3.73. The second-order valence-electron chi connectivity index (χ2n) is 6.41. The van der Waals surface area contributed by atoms with Gasteiger partial charge in [-0.05, 0) is 79.6 Å². The van der Waals surface area contributed by atoms with Gasteiger partial charge in [-0.15, -0.1) is 0 Å². The number of anilines is 2. The molecule has 5 nitrogen and oxygen atoms in total. The monoisotopic (exact) mass is 414 g/mol. The number of benzene rings is 3. The zero-order chi connectivity index (χ0) is 20.3. The predicted octanol–water partition coefficient (Wildman–Crippen LogP) is 5.01. The summed E-state index contributed by atoms with van der Waals surface area (Å²) in [7, 11) is -3.73. The van der Waals surface area contributed by atoms with Crippen LogP contribution in [0.4, 0.5) is 11.4 Å². The molecule has 0 spiro atoms. The second kappa shape index (κ2) is 8.04. The van der Waals surface area contributed by atoms with Crippen molar-refractivity contribution in [1.29, 1.82) is 0 Å². The van der Waals surface area contributed by atoms with Gasteiger partial charge in [0.25, 0.3) is 15.9 Å². The highest BCUT2D eigenvalue weighted by Crippen LogP contribution is 2.20.